The highest BCUT2D eigenvalue weighted by Crippen LogP contribution is 2.24. The molecule has 0 spiro atoms. The minimum Gasteiger partial charge on any atom is -0.354 e. The van der Waals surface area contributed by atoms with Crippen molar-refractivity contribution in [1.82, 2.24) is 15.2 Å². The first kappa shape index (κ1) is 15.6. The third-order valence-electron chi connectivity index (χ3n) is 3.55. The van der Waals surface area contributed by atoms with Crippen molar-refractivity contribution >= 4 is 28.8 Å². The van der Waals surface area contributed by atoms with Gasteiger partial charge in [-0.15, -0.1) is 11.3 Å². The number of benzene rings is 1. The Morgan fingerprint density at radius 1 is 1.48 bits per heavy atom. The van der Waals surface area contributed by atoms with Gasteiger partial charge < -0.3 is 10.6 Å². The predicted octanol–water partition coefficient (Wildman–Crippen LogP) is 1.49. The largest absolute Gasteiger partial charge is 0.354 e. The first-order chi connectivity index (χ1) is 11.1. The van der Waals surface area contributed by atoms with Gasteiger partial charge in [0.25, 0.3) is 0 Å². The lowest BCUT2D eigenvalue weighted by Crippen LogP contribution is -2.49. The third-order valence-corrected chi connectivity index (χ3v) is 4.32. The SMILES string of the molecule is Cc1nc(-c2cccc(NC(=O)CN3CCNC(=O)C3)c2)cs1. The maximum atomic E-state index is 12.1. The van der Waals surface area contributed by atoms with Crippen LogP contribution in [0.15, 0.2) is 29.6 Å². The Labute approximate surface area is 138 Å². The summed E-state index contributed by atoms with van der Waals surface area (Å²) in [5.74, 6) is -0.156. The summed E-state index contributed by atoms with van der Waals surface area (Å²) in [6.45, 7) is 3.73. The quantitative estimate of drug-likeness (QED) is 0.891. The van der Waals surface area contributed by atoms with Crippen molar-refractivity contribution < 1.29 is 9.59 Å². The molecule has 23 heavy (non-hydrogen) atoms. The van der Waals surface area contributed by atoms with E-state index in [9.17, 15) is 9.59 Å². The van der Waals surface area contributed by atoms with E-state index in [-0.39, 0.29) is 24.9 Å². The molecule has 120 valence electrons. The number of anilines is 1. The molecule has 2 heterocycles. The van der Waals surface area contributed by atoms with Gasteiger partial charge in [-0.2, -0.15) is 0 Å². The van der Waals surface area contributed by atoms with Crippen molar-refractivity contribution in [2.75, 3.05) is 31.5 Å². The number of piperazine rings is 1. The van der Waals surface area contributed by atoms with Crippen LogP contribution in [-0.2, 0) is 9.59 Å². The molecule has 0 unspecified atom stereocenters. The summed E-state index contributed by atoms with van der Waals surface area (Å²) in [5, 5.41) is 8.64. The molecule has 2 aromatic rings. The zero-order chi connectivity index (χ0) is 16.2. The minimum atomic E-state index is -0.119. The molecular weight excluding hydrogens is 312 g/mol. The van der Waals surface area contributed by atoms with E-state index >= 15 is 0 Å². The topological polar surface area (TPSA) is 74.3 Å². The van der Waals surface area contributed by atoms with Gasteiger partial charge in [-0.1, -0.05) is 12.1 Å². The number of nitrogens with one attached hydrogen (secondary N) is 2. The number of amides is 2. The molecule has 0 radical (unpaired) electrons. The Bertz CT molecular complexity index is 728. The summed E-state index contributed by atoms with van der Waals surface area (Å²) in [6, 6.07) is 7.63. The number of aromatic nitrogens is 1. The van der Waals surface area contributed by atoms with Gasteiger partial charge in [0.05, 0.1) is 23.8 Å². The van der Waals surface area contributed by atoms with Crippen LogP contribution in [0.25, 0.3) is 11.3 Å². The number of carbonyl (C=O) groups is 2. The molecule has 1 fully saturated rings. The van der Waals surface area contributed by atoms with E-state index in [1.54, 1.807) is 11.3 Å². The Hall–Kier alpha value is -2.25. The van der Waals surface area contributed by atoms with E-state index in [0.29, 0.717) is 13.1 Å². The fraction of sp³-hybridized carbons (Fsp3) is 0.312. The molecule has 0 saturated carbocycles. The van der Waals surface area contributed by atoms with Gasteiger partial charge in [0.1, 0.15) is 0 Å². The maximum Gasteiger partial charge on any atom is 0.238 e. The highest BCUT2D eigenvalue weighted by Gasteiger charge is 2.18. The van der Waals surface area contributed by atoms with Gasteiger partial charge in [-0.05, 0) is 19.1 Å². The molecule has 2 N–H and O–H groups in total. The van der Waals surface area contributed by atoms with Crippen LogP contribution in [-0.4, -0.2) is 47.9 Å². The van der Waals surface area contributed by atoms with E-state index in [4.69, 9.17) is 0 Å². The first-order valence-corrected chi connectivity index (χ1v) is 8.29. The first-order valence-electron chi connectivity index (χ1n) is 7.41. The third kappa shape index (κ3) is 4.14. The summed E-state index contributed by atoms with van der Waals surface area (Å²) in [7, 11) is 0. The fourth-order valence-corrected chi connectivity index (χ4v) is 3.10. The lowest BCUT2D eigenvalue weighted by molar-refractivity contribution is -0.125. The molecule has 1 saturated heterocycles. The Morgan fingerprint density at radius 2 is 2.35 bits per heavy atom. The van der Waals surface area contributed by atoms with Gasteiger partial charge in [-0.3, -0.25) is 14.5 Å². The van der Waals surface area contributed by atoms with Gasteiger partial charge >= 0.3 is 0 Å². The normalized spacial score (nSPS) is 15.3. The summed E-state index contributed by atoms with van der Waals surface area (Å²) < 4.78 is 0. The molecule has 1 aliphatic heterocycles. The number of thiazole rings is 1. The second-order valence-electron chi connectivity index (χ2n) is 5.44. The van der Waals surface area contributed by atoms with Crippen LogP contribution >= 0.6 is 11.3 Å². The zero-order valence-electron chi connectivity index (χ0n) is 12.8. The molecule has 7 heteroatoms. The molecular formula is C16H18N4O2S. The second-order valence-corrected chi connectivity index (χ2v) is 6.50. The van der Waals surface area contributed by atoms with Crippen molar-refractivity contribution in [1.29, 1.82) is 0 Å². The second kappa shape index (κ2) is 6.89. The summed E-state index contributed by atoms with van der Waals surface area (Å²) in [5.41, 5.74) is 2.63. The van der Waals surface area contributed by atoms with Gasteiger partial charge in [0.2, 0.25) is 11.8 Å². The van der Waals surface area contributed by atoms with Crippen LogP contribution < -0.4 is 10.6 Å². The standard InChI is InChI=1S/C16H18N4O2S/c1-11-18-14(10-23-11)12-3-2-4-13(7-12)19-16(22)9-20-6-5-17-15(21)8-20/h2-4,7,10H,5-6,8-9H2,1H3,(H,17,21)(H,19,22). The number of hydrogen-bond donors (Lipinski definition) is 2. The van der Waals surface area contributed by atoms with Crippen LogP contribution in [0.1, 0.15) is 5.01 Å². The van der Waals surface area contributed by atoms with Crippen molar-refractivity contribution in [2.45, 2.75) is 6.92 Å². The van der Waals surface area contributed by atoms with Gasteiger partial charge in [0.15, 0.2) is 0 Å². The number of carbonyl (C=O) groups excluding carboxylic acids is 2. The molecule has 0 bridgehead atoms. The highest BCUT2D eigenvalue weighted by molar-refractivity contribution is 7.09. The monoisotopic (exact) mass is 330 g/mol. The van der Waals surface area contributed by atoms with Crippen LogP contribution in [0, 0.1) is 6.92 Å². The fourth-order valence-electron chi connectivity index (χ4n) is 2.48. The lowest BCUT2D eigenvalue weighted by Gasteiger charge is -2.25. The number of rotatable bonds is 4. The molecule has 0 atom stereocenters. The molecule has 3 rings (SSSR count). The molecule has 6 nitrogen and oxygen atoms in total. The number of nitrogens with zero attached hydrogens (tertiary/aromatic N) is 2. The van der Waals surface area contributed by atoms with E-state index in [2.05, 4.69) is 15.6 Å². The van der Waals surface area contributed by atoms with E-state index in [0.717, 1.165) is 22.0 Å². The maximum absolute atomic E-state index is 12.1. The Morgan fingerprint density at radius 3 is 3.09 bits per heavy atom. The molecule has 0 aliphatic carbocycles. The molecule has 2 amide bonds. The minimum absolute atomic E-state index is 0.0371. The van der Waals surface area contributed by atoms with Crippen molar-refractivity contribution in [2.24, 2.45) is 0 Å². The molecule has 1 aromatic heterocycles. The molecule has 1 aliphatic rings. The average Bonchev–Trinajstić information content (AvgIpc) is 2.94. The Kier molecular flexibility index (Phi) is 4.68. The van der Waals surface area contributed by atoms with Gasteiger partial charge in [-0.25, -0.2) is 4.98 Å². The summed E-state index contributed by atoms with van der Waals surface area (Å²) >= 11 is 1.60. The predicted molar refractivity (Wildman–Crippen MR) is 90.4 cm³/mol. The van der Waals surface area contributed by atoms with Crippen LogP contribution in [0.4, 0.5) is 5.69 Å². The molecule has 1 aromatic carbocycles. The van der Waals surface area contributed by atoms with E-state index in [1.807, 2.05) is 41.5 Å². The highest BCUT2D eigenvalue weighted by atomic mass is 32.1. The zero-order valence-corrected chi connectivity index (χ0v) is 13.7. The lowest BCUT2D eigenvalue weighted by atomic mass is 10.1. The van der Waals surface area contributed by atoms with Crippen LogP contribution in [0.2, 0.25) is 0 Å². The van der Waals surface area contributed by atoms with E-state index in [1.165, 1.54) is 0 Å². The smallest absolute Gasteiger partial charge is 0.238 e. The van der Waals surface area contributed by atoms with Crippen molar-refractivity contribution in [3.63, 3.8) is 0 Å². The van der Waals surface area contributed by atoms with Crippen LogP contribution in [0.5, 0.6) is 0 Å². The summed E-state index contributed by atoms with van der Waals surface area (Å²) in [4.78, 5) is 29.8. The number of hydrogen-bond acceptors (Lipinski definition) is 5. The van der Waals surface area contributed by atoms with Gasteiger partial charge in [0, 0.05) is 29.7 Å². The number of aryl methyl sites for hydroxylation is 1. The Balaban J connectivity index is 1.63. The van der Waals surface area contributed by atoms with E-state index < -0.39 is 0 Å². The summed E-state index contributed by atoms with van der Waals surface area (Å²) in [6.07, 6.45) is 0. The van der Waals surface area contributed by atoms with Crippen LogP contribution in [0.3, 0.4) is 0 Å². The van der Waals surface area contributed by atoms with Crippen molar-refractivity contribution in [3.05, 3.63) is 34.7 Å². The average molecular weight is 330 g/mol. The van der Waals surface area contributed by atoms with Crippen molar-refractivity contribution in [3.8, 4) is 11.3 Å².